The first-order valence-corrected chi connectivity index (χ1v) is 7.58. The molecule has 0 radical (unpaired) electrons. The van der Waals surface area contributed by atoms with E-state index in [2.05, 4.69) is 15.0 Å². The van der Waals surface area contributed by atoms with Crippen LogP contribution in [0.1, 0.15) is 16.8 Å². The molecular weight excluding hydrogens is 289 g/mol. The van der Waals surface area contributed by atoms with Gasteiger partial charge < -0.3 is 10.7 Å². The van der Waals surface area contributed by atoms with Crippen molar-refractivity contribution in [2.24, 2.45) is 5.84 Å². The largest absolute Gasteiger partial charge is 0.352 e. The molecule has 112 valence electrons. The van der Waals surface area contributed by atoms with Crippen molar-refractivity contribution >= 4 is 21.7 Å². The summed E-state index contributed by atoms with van der Waals surface area (Å²) < 4.78 is 37.6. The lowest BCUT2D eigenvalue weighted by atomic mass is 10.2. The van der Waals surface area contributed by atoms with Crippen LogP contribution in [0.2, 0.25) is 0 Å². The number of hydrogen-bond acceptors (Lipinski definition) is 6. The van der Waals surface area contributed by atoms with Crippen molar-refractivity contribution in [2.45, 2.75) is 6.42 Å². The number of nitrogens with zero attached hydrogens (tertiary/aromatic N) is 1. The average Bonchev–Trinajstić information content (AvgIpc) is 2.37. The Bertz CT molecular complexity index is 578. The Hall–Kier alpha value is -1.78. The van der Waals surface area contributed by atoms with Crippen molar-refractivity contribution in [1.82, 2.24) is 15.0 Å². The Morgan fingerprint density at radius 1 is 1.45 bits per heavy atom. The van der Waals surface area contributed by atoms with E-state index in [0.29, 0.717) is 6.42 Å². The van der Waals surface area contributed by atoms with Gasteiger partial charge in [0.15, 0.2) is 11.6 Å². The Balaban J connectivity index is 2.48. The van der Waals surface area contributed by atoms with Crippen LogP contribution in [-0.4, -0.2) is 38.7 Å². The lowest BCUT2D eigenvalue weighted by molar-refractivity contribution is 0.0949. The van der Waals surface area contributed by atoms with Crippen LogP contribution in [0.15, 0.2) is 12.3 Å². The SMILES string of the molecule is CS(=O)(=O)NCCCNC(=O)c1ccnc(NN)c1F. The lowest BCUT2D eigenvalue weighted by Gasteiger charge is -2.08. The van der Waals surface area contributed by atoms with Gasteiger partial charge in [0, 0.05) is 19.3 Å². The van der Waals surface area contributed by atoms with Crippen molar-refractivity contribution in [1.29, 1.82) is 0 Å². The summed E-state index contributed by atoms with van der Waals surface area (Å²) in [5.74, 6) is 3.36. The molecule has 0 bridgehead atoms. The number of rotatable bonds is 7. The molecule has 0 fully saturated rings. The minimum atomic E-state index is -3.25. The number of nitrogen functional groups attached to an aromatic ring is 1. The van der Waals surface area contributed by atoms with Gasteiger partial charge >= 0.3 is 0 Å². The zero-order valence-corrected chi connectivity index (χ0v) is 11.6. The van der Waals surface area contributed by atoms with Gasteiger partial charge in [-0.1, -0.05) is 0 Å². The molecule has 20 heavy (non-hydrogen) atoms. The maximum atomic E-state index is 13.7. The van der Waals surface area contributed by atoms with Crippen molar-refractivity contribution in [3.8, 4) is 0 Å². The van der Waals surface area contributed by atoms with Gasteiger partial charge in [0.2, 0.25) is 10.0 Å². The maximum Gasteiger partial charge on any atom is 0.254 e. The van der Waals surface area contributed by atoms with Crippen LogP contribution < -0.4 is 21.3 Å². The number of amides is 1. The third kappa shape index (κ3) is 5.07. The van der Waals surface area contributed by atoms with Gasteiger partial charge in [-0.05, 0) is 12.5 Å². The van der Waals surface area contributed by atoms with Crippen LogP contribution in [0.4, 0.5) is 10.2 Å². The highest BCUT2D eigenvalue weighted by Gasteiger charge is 2.15. The van der Waals surface area contributed by atoms with E-state index in [-0.39, 0.29) is 24.5 Å². The maximum absolute atomic E-state index is 13.7. The zero-order chi connectivity index (χ0) is 15.2. The zero-order valence-electron chi connectivity index (χ0n) is 10.8. The first-order valence-electron chi connectivity index (χ1n) is 5.69. The normalized spacial score (nSPS) is 11.2. The molecule has 0 aromatic carbocycles. The minimum Gasteiger partial charge on any atom is -0.352 e. The fraction of sp³-hybridized carbons (Fsp3) is 0.400. The molecule has 5 N–H and O–H groups in total. The third-order valence-electron chi connectivity index (χ3n) is 2.27. The highest BCUT2D eigenvalue weighted by Crippen LogP contribution is 2.13. The molecule has 0 atom stereocenters. The van der Waals surface area contributed by atoms with Gasteiger partial charge in [-0.25, -0.2) is 28.4 Å². The summed E-state index contributed by atoms with van der Waals surface area (Å²) in [4.78, 5) is 15.3. The summed E-state index contributed by atoms with van der Waals surface area (Å²) in [7, 11) is -3.25. The van der Waals surface area contributed by atoms with Gasteiger partial charge in [0.05, 0.1) is 11.8 Å². The second-order valence-corrected chi connectivity index (χ2v) is 5.77. The number of carbonyl (C=O) groups excluding carboxylic acids is 1. The first kappa shape index (κ1) is 16.3. The van der Waals surface area contributed by atoms with E-state index in [9.17, 15) is 17.6 Å². The number of anilines is 1. The van der Waals surface area contributed by atoms with E-state index in [4.69, 9.17) is 5.84 Å². The molecule has 0 aliphatic rings. The Labute approximate surface area is 116 Å². The Morgan fingerprint density at radius 3 is 2.75 bits per heavy atom. The number of hydrazine groups is 1. The average molecular weight is 305 g/mol. The summed E-state index contributed by atoms with van der Waals surface area (Å²) >= 11 is 0. The standard InChI is InChI=1S/C10H16FN5O3S/c1-20(18,19)15-5-2-4-14-10(17)7-3-6-13-9(16-12)8(7)11/h3,6,15H,2,4-5,12H2,1H3,(H,13,16)(H,14,17). The molecule has 8 nitrogen and oxygen atoms in total. The van der Waals surface area contributed by atoms with E-state index >= 15 is 0 Å². The second-order valence-electron chi connectivity index (χ2n) is 3.94. The number of nitrogens with one attached hydrogen (secondary N) is 3. The number of hydrogen-bond donors (Lipinski definition) is 4. The summed E-state index contributed by atoms with van der Waals surface area (Å²) in [6.45, 7) is 0.391. The van der Waals surface area contributed by atoms with Crippen LogP contribution in [0.25, 0.3) is 0 Å². The molecule has 10 heteroatoms. The number of halogens is 1. The molecule has 1 aromatic heterocycles. The monoisotopic (exact) mass is 305 g/mol. The van der Waals surface area contributed by atoms with Crippen molar-refractivity contribution < 1.29 is 17.6 Å². The van der Waals surface area contributed by atoms with E-state index in [1.54, 1.807) is 0 Å². The minimum absolute atomic E-state index is 0.188. The highest BCUT2D eigenvalue weighted by molar-refractivity contribution is 7.88. The van der Waals surface area contributed by atoms with Gasteiger partial charge in [0.1, 0.15) is 0 Å². The van der Waals surface area contributed by atoms with Crippen LogP contribution >= 0.6 is 0 Å². The summed E-state index contributed by atoms with van der Waals surface area (Å²) in [6.07, 6.45) is 2.67. The molecule has 0 spiro atoms. The molecule has 1 amide bonds. The van der Waals surface area contributed by atoms with E-state index in [1.165, 1.54) is 12.3 Å². The number of sulfonamides is 1. The van der Waals surface area contributed by atoms with E-state index in [0.717, 1.165) is 6.26 Å². The molecule has 1 rings (SSSR count). The van der Waals surface area contributed by atoms with Crippen LogP contribution in [-0.2, 0) is 10.0 Å². The van der Waals surface area contributed by atoms with Gasteiger partial charge in [-0.15, -0.1) is 0 Å². The van der Waals surface area contributed by atoms with Crippen LogP contribution in [0, 0.1) is 5.82 Å². The number of aromatic nitrogens is 1. The predicted molar refractivity (Wildman–Crippen MR) is 71.8 cm³/mol. The topological polar surface area (TPSA) is 126 Å². The Morgan fingerprint density at radius 2 is 2.15 bits per heavy atom. The second kappa shape index (κ2) is 7.12. The lowest BCUT2D eigenvalue weighted by Crippen LogP contribution is -2.30. The predicted octanol–water partition coefficient (Wildman–Crippen LogP) is -0.825. The smallest absolute Gasteiger partial charge is 0.254 e. The van der Waals surface area contributed by atoms with Crippen molar-refractivity contribution in [2.75, 3.05) is 24.8 Å². The van der Waals surface area contributed by atoms with E-state index in [1.807, 2.05) is 5.43 Å². The Kier molecular flexibility index (Phi) is 5.80. The van der Waals surface area contributed by atoms with Crippen LogP contribution in [0.5, 0.6) is 0 Å². The fourth-order valence-corrected chi connectivity index (χ4v) is 1.88. The molecule has 1 aromatic rings. The van der Waals surface area contributed by atoms with Crippen molar-refractivity contribution in [3.05, 3.63) is 23.6 Å². The number of carbonyl (C=O) groups is 1. The first-order chi connectivity index (χ1) is 9.35. The van der Waals surface area contributed by atoms with Crippen molar-refractivity contribution in [3.63, 3.8) is 0 Å². The molecule has 0 unspecified atom stereocenters. The summed E-state index contributed by atoms with van der Waals surface area (Å²) in [5.41, 5.74) is 1.85. The molecular formula is C10H16FN5O3S. The highest BCUT2D eigenvalue weighted by atomic mass is 32.2. The third-order valence-corrected chi connectivity index (χ3v) is 3.00. The molecule has 0 saturated heterocycles. The van der Waals surface area contributed by atoms with Gasteiger partial charge in [-0.3, -0.25) is 4.79 Å². The number of pyridine rings is 1. The molecule has 0 aliphatic heterocycles. The van der Waals surface area contributed by atoms with E-state index < -0.39 is 21.7 Å². The number of nitrogens with two attached hydrogens (primary N) is 1. The fourth-order valence-electron chi connectivity index (χ4n) is 1.36. The van der Waals surface area contributed by atoms with Gasteiger partial charge in [0.25, 0.3) is 5.91 Å². The van der Waals surface area contributed by atoms with Gasteiger partial charge in [-0.2, -0.15) is 0 Å². The quantitative estimate of drug-likeness (QED) is 0.296. The summed E-state index contributed by atoms with van der Waals surface area (Å²) in [6, 6.07) is 1.22. The molecule has 0 saturated carbocycles. The summed E-state index contributed by atoms with van der Waals surface area (Å²) in [5, 5.41) is 2.47. The molecule has 0 aliphatic carbocycles. The molecule has 1 heterocycles. The van der Waals surface area contributed by atoms with Crippen LogP contribution in [0.3, 0.4) is 0 Å².